The SMILES string of the molecule is CCC1c2c(cc(F)c(C)c2-c2c(C(N)=O)ccc(OC)c2F)O[C@]1(C#CNC1CCC(C(=O)N2CCC3(CC2)CC(N2CCC(c4cccc5c(N6CCC(O)NC67CO7)nn(C)c45)CC2)C3)CC1)c1ccccc1. The molecule has 5 aromatic rings. The van der Waals surface area contributed by atoms with Crippen LogP contribution in [0.25, 0.3) is 22.0 Å². The highest BCUT2D eigenvalue weighted by Crippen LogP contribution is 2.57. The predicted molar refractivity (Wildman–Crippen MR) is 285 cm³/mol. The minimum Gasteiger partial charge on any atom is -0.494 e. The van der Waals surface area contributed by atoms with Crippen molar-refractivity contribution in [3.8, 4) is 34.6 Å². The van der Waals surface area contributed by atoms with E-state index in [1.165, 1.54) is 49.2 Å². The quantitative estimate of drug-likeness (QED) is 0.0605. The number of aliphatic hydroxyl groups is 1. The number of hydrogen-bond acceptors (Lipinski definition) is 11. The molecule has 2 aliphatic carbocycles. The number of nitrogens with one attached hydrogen (secondary N) is 2. The number of primary amides is 1. The van der Waals surface area contributed by atoms with E-state index in [2.05, 4.69) is 55.5 Å². The summed E-state index contributed by atoms with van der Waals surface area (Å²) in [6, 6.07) is 24.2. The largest absolute Gasteiger partial charge is 0.494 e. The Bertz CT molecular complexity index is 3120. The molecule has 5 aliphatic heterocycles. The van der Waals surface area contributed by atoms with Gasteiger partial charge in [-0.05, 0) is 143 Å². The minimum atomic E-state index is -1.28. The van der Waals surface area contributed by atoms with Gasteiger partial charge in [0, 0.05) is 91.2 Å². The molecule has 2 spiro atoms. The monoisotopic (exact) mass is 1040 g/mol. The van der Waals surface area contributed by atoms with Gasteiger partial charge in [0.05, 0.1) is 18.2 Å². The van der Waals surface area contributed by atoms with E-state index in [-0.39, 0.29) is 51.6 Å². The number of carbonyl (C=O) groups excluding carboxylic acids is 2. The molecule has 3 unspecified atom stereocenters. The zero-order valence-electron chi connectivity index (χ0n) is 44.1. The second kappa shape index (κ2) is 19.6. The molecule has 4 aromatic carbocycles. The van der Waals surface area contributed by atoms with E-state index in [0.29, 0.717) is 48.9 Å². The molecule has 5 N–H and O–H groups in total. The molecule has 7 aliphatic rings. The number of para-hydroxylation sites is 1. The average Bonchev–Trinajstić information content (AvgIpc) is 4.10. The first-order valence-electron chi connectivity index (χ1n) is 27.6. The highest BCUT2D eigenvalue weighted by atomic mass is 19.1. The number of fused-ring (bicyclic) bond motifs is 2. The molecule has 14 nitrogen and oxygen atoms in total. The molecular weight excluding hydrogens is 967 g/mol. The van der Waals surface area contributed by atoms with E-state index in [0.717, 1.165) is 94.3 Å². The maximum atomic E-state index is 16.4. The molecule has 1 aromatic heterocycles. The number of methoxy groups -OCH3 is 1. The number of nitrogens with zero attached hydrogens (tertiary/aromatic N) is 5. The minimum absolute atomic E-state index is 0.00872. The van der Waals surface area contributed by atoms with Gasteiger partial charge in [0.2, 0.25) is 23.3 Å². The number of epoxide rings is 1. The summed E-state index contributed by atoms with van der Waals surface area (Å²) in [5.41, 5.74) is 8.89. The van der Waals surface area contributed by atoms with Crippen LogP contribution in [0.4, 0.5) is 14.6 Å². The van der Waals surface area contributed by atoms with Crippen molar-refractivity contribution in [2.45, 2.75) is 132 Å². The number of piperidine rings is 2. The van der Waals surface area contributed by atoms with Crippen molar-refractivity contribution in [2.24, 2.45) is 24.1 Å². The Kier molecular flexibility index (Phi) is 13.1. The summed E-state index contributed by atoms with van der Waals surface area (Å²) in [4.78, 5) is 33.9. The van der Waals surface area contributed by atoms with Crippen LogP contribution in [-0.4, -0.2) is 107 Å². The third-order valence-electron chi connectivity index (χ3n) is 18.7. The lowest BCUT2D eigenvalue weighted by atomic mass is 9.59. The van der Waals surface area contributed by atoms with E-state index >= 15 is 8.78 Å². The molecular formula is C60H70F2N8O6. The van der Waals surface area contributed by atoms with Gasteiger partial charge < -0.3 is 45.1 Å². The summed E-state index contributed by atoms with van der Waals surface area (Å²) in [5, 5.41) is 23.1. The third-order valence-corrected chi connectivity index (χ3v) is 18.7. The van der Waals surface area contributed by atoms with Gasteiger partial charge in [0.1, 0.15) is 24.4 Å². The van der Waals surface area contributed by atoms with E-state index in [9.17, 15) is 14.7 Å². The number of anilines is 1. The maximum absolute atomic E-state index is 16.4. The topological polar surface area (TPSA) is 163 Å². The van der Waals surface area contributed by atoms with Gasteiger partial charge in [-0.3, -0.25) is 14.3 Å². The zero-order chi connectivity index (χ0) is 52.7. The van der Waals surface area contributed by atoms with Gasteiger partial charge >= 0.3 is 0 Å². The molecule has 16 heteroatoms. The van der Waals surface area contributed by atoms with Crippen LogP contribution in [0.1, 0.15) is 128 Å². The summed E-state index contributed by atoms with van der Waals surface area (Å²) in [5.74, 6) is 1.80. The molecule has 0 radical (unpaired) electrons. The molecule has 4 saturated heterocycles. The number of likely N-dealkylation sites (tertiary alicyclic amines) is 2. The van der Waals surface area contributed by atoms with Crippen molar-refractivity contribution < 1.29 is 37.7 Å². The van der Waals surface area contributed by atoms with Crippen LogP contribution >= 0.6 is 0 Å². The summed E-state index contributed by atoms with van der Waals surface area (Å²) in [6.45, 7) is 8.62. The third kappa shape index (κ3) is 8.56. The molecule has 2 amide bonds. The fourth-order valence-electron chi connectivity index (χ4n) is 14.4. The normalized spacial score (nSPS) is 27.4. The van der Waals surface area contributed by atoms with Crippen molar-refractivity contribution >= 4 is 28.5 Å². The number of nitrogens with two attached hydrogens (primary N) is 1. The van der Waals surface area contributed by atoms with Crippen LogP contribution in [0.15, 0.2) is 66.7 Å². The fourth-order valence-corrected chi connectivity index (χ4v) is 14.4. The first-order valence-corrected chi connectivity index (χ1v) is 27.6. The Morgan fingerprint density at radius 3 is 2.37 bits per heavy atom. The number of hydrogen-bond donors (Lipinski definition) is 4. The van der Waals surface area contributed by atoms with E-state index < -0.39 is 41.1 Å². The van der Waals surface area contributed by atoms with Crippen LogP contribution < -0.4 is 30.7 Å². The molecule has 6 heterocycles. The number of ether oxygens (including phenoxy) is 3. The molecule has 0 bridgehead atoms. The second-order valence-corrected chi connectivity index (χ2v) is 22.8. The van der Waals surface area contributed by atoms with Crippen LogP contribution in [0.2, 0.25) is 0 Å². The van der Waals surface area contributed by atoms with E-state index in [4.69, 9.17) is 25.0 Å². The number of amides is 2. The molecule has 76 heavy (non-hydrogen) atoms. The molecule has 6 fully saturated rings. The van der Waals surface area contributed by atoms with Crippen molar-refractivity contribution in [2.75, 3.05) is 51.3 Å². The highest BCUT2D eigenvalue weighted by molar-refractivity contribution is 6.02. The van der Waals surface area contributed by atoms with Gasteiger partial charge in [0.15, 0.2) is 17.4 Å². The smallest absolute Gasteiger partial charge is 0.249 e. The van der Waals surface area contributed by atoms with Gasteiger partial charge in [-0.15, -0.1) is 0 Å². The Morgan fingerprint density at radius 1 is 0.947 bits per heavy atom. The predicted octanol–water partition coefficient (Wildman–Crippen LogP) is 8.28. The summed E-state index contributed by atoms with van der Waals surface area (Å²) >= 11 is 0. The number of aliphatic hydroxyl groups excluding tert-OH is 1. The Morgan fingerprint density at radius 2 is 1.68 bits per heavy atom. The standard InChI is InChI=1S/C60H70F2N8O6/c1-5-45-52-48(32-46(61)36(2)50(52)51-43(55(63)72)18-19-47(74-4)53(51)62)76-59(45,39-10-7-6-8-11-39)23-26-64-40-16-14-38(15-17-40)57(73)69-30-24-58(25-31-69)33-41(34-58)68-27-20-37(21-28-68)42-12-9-13-44-54(42)67(3)66-56(44)70-29-22-49(71)65-60(70)35-75-60/h6-13,18-19,32,37-38,40-41,45,49,64-65,71H,5,14-17,20-22,24-25,27-31,33-35H2,1-4H3,(H2,63,72)/t38?,40?,45?,49?,59-,60?/m1/s1. The number of benzene rings is 4. The van der Waals surface area contributed by atoms with Crippen LogP contribution in [0, 0.1) is 41.9 Å². The fraction of sp³-hybridized carbons (Fsp3) is 0.517. The van der Waals surface area contributed by atoms with Crippen molar-refractivity contribution in [1.82, 2.24) is 30.2 Å². The summed E-state index contributed by atoms with van der Waals surface area (Å²) in [7, 11) is 3.38. The number of carbonyl (C=O) groups is 2. The molecule has 400 valence electrons. The lowest BCUT2D eigenvalue weighted by Crippen LogP contribution is -2.59. The lowest BCUT2D eigenvalue weighted by Gasteiger charge is -2.56. The average molecular weight is 1040 g/mol. The van der Waals surface area contributed by atoms with E-state index in [1.807, 2.05) is 49.0 Å². The van der Waals surface area contributed by atoms with Crippen molar-refractivity contribution in [3.63, 3.8) is 0 Å². The zero-order valence-corrected chi connectivity index (χ0v) is 44.1. The van der Waals surface area contributed by atoms with Crippen molar-refractivity contribution in [1.29, 1.82) is 0 Å². The first kappa shape index (κ1) is 50.6. The van der Waals surface area contributed by atoms with Gasteiger partial charge in [-0.2, -0.15) is 5.10 Å². The lowest BCUT2D eigenvalue weighted by molar-refractivity contribution is -0.141. The van der Waals surface area contributed by atoms with E-state index in [1.54, 1.807) is 6.92 Å². The number of halogens is 2. The number of aromatic nitrogens is 2. The van der Waals surface area contributed by atoms with Crippen LogP contribution in [-0.2, 0) is 22.2 Å². The highest BCUT2D eigenvalue weighted by Gasteiger charge is 2.56. The second-order valence-electron chi connectivity index (χ2n) is 22.8. The van der Waals surface area contributed by atoms with Crippen LogP contribution in [0.3, 0.4) is 0 Å². The molecule has 4 atom stereocenters. The Hall–Kier alpha value is -6.25. The summed E-state index contributed by atoms with van der Waals surface area (Å²) in [6.07, 6.45) is 10.5. The maximum Gasteiger partial charge on any atom is 0.249 e. The summed E-state index contributed by atoms with van der Waals surface area (Å²) < 4.78 is 52.4. The number of rotatable bonds is 10. The van der Waals surface area contributed by atoms with Crippen LogP contribution in [0.5, 0.6) is 11.5 Å². The first-order chi connectivity index (χ1) is 36.8. The molecule has 12 rings (SSSR count). The van der Waals surface area contributed by atoms with Gasteiger partial charge in [-0.1, -0.05) is 49.4 Å². The number of aryl methyl sites for hydroxylation is 1. The Balaban J connectivity index is 0.653. The van der Waals surface area contributed by atoms with Gasteiger partial charge in [-0.25, -0.2) is 14.1 Å². The van der Waals surface area contributed by atoms with Gasteiger partial charge in [0.25, 0.3) is 0 Å². The Labute approximate surface area is 443 Å². The molecule has 2 saturated carbocycles. The van der Waals surface area contributed by atoms with Crippen molar-refractivity contribution in [3.05, 3.63) is 106 Å².